The van der Waals surface area contributed by atoms with Crippen molar-refractivity contribution in [1.29, 1.82) is 0 Å². The van der Waals surface area contributed by atoms with Gasteiger partial charge in [0.15, 0.2) is 0 Å². The summed E-state index contributed by atoms with van der Waals surface area (Å²) < 4.78 is 9.23. The van der Waals surface area contributed by atoms with Gasteiger partial charge in [-0.2, -0.15) is 0 Å². The largest absolute Gasteiger partial charge is 0.501 e. The van der Waals surface area contributed by atoms with Crippen LogP contribution in [0.15, 0.2) is 12.3 Å². The molecule has 0 aromatic carbocycles. The minimum Gasteiger partial charge on any atom is -0.501 e. The van der Waals surface area contributed by atoms with E-state index in [0.29, 0.717) is 6.61 Å². The number of nitrogens with one attached hydrogen (secondary N) is 1. The molecule has 2 amide bonds. The first-order valence-corrected chi connectivity index (χ1v) is 3.96. The quantitative estimate of drug-likeness (QED) is 0.522. The van der Waals surface area contributed by atoms with Gasteiger partial charge in [-0.05, 0) is 13.8 Å². The highest BCUT2D eigenvalue weighted by atomic mass is 16.5. The Hall–Kier alpha value is -1.52. The molecule has 13 heavy (non-hydrogen) atoms. The second kappa shape index (κ2) is 7.15. The Morgan fingerprint density at radius 2 is 2.00 bits per heavy atom. The highest BCUT2D eigenvalue weighted by Gasteiger charge is 2.03. The zero-order valence-corrected chi connectivity index (χ0v) is 7.70. The van der Waals surface area contributed by atoms with Crippen LogP contribution >= 0.6 is 0 Å². The highest BCUT2D eigenvalue weighted by Crippen LogP contribution is 1.80. The zero-order chi connectivity index (χ0) is 10.1. The van der Waals surface area contributed by atoms with E-state index in [9.17, 15) is 9.59 Å². The predicted octanol–water partition coefficient (Wildman–Crippen LogP) is 0.809. The van der Waals surface area contributed by atoms with Gasteiger partial charge in [-0.1, -0.05) is 0 Å². The van der Waals surface area contributed by atoms with Crippen LogP contribution in [0.4, 0.5) is 4.79 Å². The second-order valence-electron chi connectivity index (χ2n) is 1.97. The van der Waals surface area contributed by atoms with Crippen molar-refractivity contribution in [1.82, 2.24) is 5.32 Å². The zero-order valence-electron chi connectivity index (χ0n) is 7.70. The lowest BCUT2D eigenvalue weighted by molar-refractivity contribution is -0.116. The summed E-state index contributed by atoms with van der Waals surface area (Å²) in [6.07, 6.45) is 1.57. The molecule has 0 spiro atoms. The molecule has 0 aliphatic carbocycles. The summed E-state index contributed by atoms with van der Waals surface area (Å²) in [5, 5.41) is 1.97. The summed E-state index contributed by atoms with van der Waals surface area (Å²) in [4.78, 5) is 21.5. The molecule has 0 saturated heterocycles. The van der Waals surface area contributed by atoms with Crippen molar-refractivity contribution in [3.8, 4) is 0 Å². The third-order valence-electron chi connectivity index (χ3n) is 0.983. The van der Waals surface area contributed by atoms with Gasteiger partial charge in [0.05, 0.1) is 19.5 Å². The molecule has 5 heteroatoms. The van der Waals surface area contributed by atoms with Crippen LogP contribution in [0.3, 0.4) is 0 Å². The van der Waals surface area contributed by atoms with E-state index in [2.05, 4.69) is 4.74 Å². The summed E-state index contributed by atoms with van der Waals surface area (Å²) in [5.74, 6) is -0.563. The molecule has 0 aliphatic rings. The number of imide groups is 1. The van der Waals surface area contributed by atoms with E-state index in [1.165, 1.54) is 6.26 Å². The molecule has 1 N–H and O–H groups in total. The summed E-state index contributed by atoms with van der Waals surface area (Å²) >= 11 is 0. The van der Waals surface area contributed by atoms with E-state index in [-0.39, 0.29) is 6.61 Å². The number of rotatable bonds is 4. The van der Waals surface area contributed by atoms with Crippen LogP contribution in [0, 0.1) is 0 Å². The molecule has 0 rings (SSSR count). The van der Waals surface area contributed by atoms with Gasteiger partial charge in [0, 0.05) is 6.08 Å². The van der Waals surface area contributed by atoms with Crippen molar-refractivity contribution in [3.05, 3.63) is 12.3 Å². The van der Waals surface area contributed by atoms with Crippen molar-refractivity contribution < 1.29 is 19.1 Å². The molecule has 0 heterocycles. The summed E-state index contributed by atoms with van der Waals surface area (Å²) in [6, 6.07) is 0. The molecule has 0 unspecified atom stereocenters. The molecule has 5 nitrogen and oxygen atoms in total. The Balaban J connectivity index is 3.67. The van der Waals surface area contributed by atoms with Crippen molar-refractivity contribution >= 4 is 12.0 Å². The van der Waals surface area contributed by atoms with Crippen LogP contribution in [-0.4, -0.2) is 25.2 Å². The van der Waals surface area contributed by atoms with Gasteiger partial charge in [-0.3, -0.25) is 10.1 Å². The monoisotopic (exact) mass is 187 g/mol. The predicted molar refractivity (Wildman–Crippen MR) is 45.9 cm³/mol. The van der Waals surface area contributed by atoms with Gasteiger partial charge in [0.1, 0.15) is 0 Å². The fourth-order valence-electron chi connectivity index (χ4n) is 0.516. The van der Waals surface area contributed by atoms with Gasteiger partial charge < -0.3 is 9.47 Å². The van der Waals surface area contributed by atoms with E-state index >= 15 is 0 Å². The topological polar surface area (TPSA) is 64.6 Å². The lowest BCUT2D eigenvalue weighted by Crippen LogP contribution is -2.29. The van der Waals surface area contributed by atoms with Crippen LogP contribution in [-0.2, 0) is 14.3 Å². The van der Waals surface area contributed by atoms with Gasteiger partial charge in [-0.15, -0.1) is 0 Å². The average Bonchev–Trinajstić information content (AvgIpc) is 2.05. The van der Waals surface area contributed by atoms with Gasteiger partial charge in [0.2, 0.25) is 0 Å². The van der Waals surface area contributed by atoms with E-state index in [1.54, 1.807) is 13.8 Å². The van der Waals surface area contributed by atoms with Gasteiger partial charge in [0.25, 0.3) is 5.91 Å². The Labute approximate surface area is 76.7 Å². The van der Waals surface area contributed by atoms with Gasteiger partial charge in [-0.25, -0.2) is 4.79 Å². The first-order valence-electron chi connectivity index (χ1n) is 3.96. The first-order chi connectivity index (χ1) is 6.20. The molecule has 0 atom stereocenters. The van der Waals surface area contributed by atoms with Crippen LogP contribution in [0.25, 0.3) is 0 Å². The van der Waals surface area contributed by atoms with Crippen molar-refractivity contribution in [2.24, 2.45) is 0 Å². The number of hydrogen-bond donors (Lipinski definition) is 1. The molecule has 0 fully saturated rings. The molecule has 0 radical (unpaired) electrons. The SMILES string of the molecule is CCOC=CC(=O)NC(=O)OCC. The molecule has 0 bridgehead atoms. The van der Waals surface area contributed by atoms with E-state index in [0.717, 1.165) is 6.08 Å². The number of carbonyl (C=O) groups excluding carboxylic acids is 2. The van der Waals surface area contributed by atoms with Crippen LogP contribution in [0.1, 0.15) is 13.8 Å². The highest BCUT2D eigenvalue weighted by molar-refractivity contribution is 5.98. The summed E-state index contributed by atoms with van der Waals surface area (Å²) in [6.45, 7) is 4.14. The minimum atomic E-state index is -0.756. The molecule has 0 aromatic rings. The van der Waals surface area contributed by atoms with E-state index in [1.807, 2.05) is 5.32 Å². The van der Waals surface area contributed by atoms with Crippen LogP contribution < -0.4 is 5.32 Å². The number of hydrogen-bond acceptors (Lipinski definition) is 4. The number of alkyl carbamates (subject to hydrolysis) is 1. The molecule has 74 valence electrons. The van der Waals surface area contributed by atoms with Crippen LogP contribution in [0.5, 0.6) is 0 Å². The third kappa shape index (κ3) is 6.86. The maximum atomic E-state index is 10.8. The van der Waals surface area contributed by atoms with E-state index in [4.69, 9.17) is 4.74 Å². The minimum absolute atomic E-state index is 0.230. The standard InChI is InChI=1S/C8H13NO4/c1-3-12-6-5-7(10)9-8(11)13-4-2/h5-6H,3-4H2,1-2H3,(H,9,10,11). The lowest BCUT2D eigenvalue weighted by Gasteiger charge is -2.00. The fraction of sp³-hybridized carbons (Fsp3) is 0.500. The maximum Gasteiger partial charge on any atom is 0.414 e. The number of amides is 2. The van der Waals surface area contributed by atoms with E-state index < -0.39 is 12.0 Å². The molecular weight excluding hydrogens is 174 g/mol. The van der Waals surface area contributed by atoms with Crippen molar-refractivity contribution in [2.75, 3.05) is 13.2 Å². The normalized spacial score (nSPS) is 9.69. The third-order valence-corrected chi connectivity index (χ3v) is 0.983. The molecule has 0 saturated carbocycles. The number of carbonyl (C=O) groups is 2. The van der Waals surface area contributed by atoms with Crippen molar-refractivity contribution in [3.63, 3.8) is 0 Å². The Bertz CT molecular complexity index is 200. The molecule has 0 aliphatic heterocycles. The Kier molecular flexibility index (Phi) is 6.31. The van der Waals surface area contributed by atoms with Crippen LogP contribution in [0.2, 0.25) is 0 Å². The Morgan fingerprint density at radius 1 is 1.31 bits per heavy atom. The fourth-order valence-corrected chi connectivity index (χ4v) is 0.516. The summed E-state index contributed by atoms with van der Waals surface area (Å²) in [5.41, 5.74) is 0. The summed E-state index contributed by atoms with van der Waals surface area (Å²) in [7, 11) is 0. The molecule has 0 aromatic heterocycles. The van der Waals surface area contributed by atoms with Crippen molar-refractivity contribution in [2.45, 2.75) is 13.8 Å². The smallest absolute Gasteiger partial charge is 0.414 e. The Morgan fingerprint density at radius 3 is 2.54 bits per heavy atom. The maximum absolute atomic E-state index is 10.8. The first kappa shape index (κ1) is 11.5. The lowest BCUT2D eigenvalue weighted by atomic mass is 10.6. The number of ether oxygens (including phenoxy) is 2. The second-order valence-corrected chi connectivity index (χ2v) is 1.97. The molecular formula is C8H13NO4. The average molecular weight is 187 g/mol. The van der Waals surface area contributed by atoms with Gasteiger partial charge >= 0.3 is 6.09 Å².